The van der Waals surface area contributed by atoms with Crippen LogP contribution in [-0.4, -0.2) is 35.6 Å². The maximum Gasteiger partial charge on any atom is 0.248 e. The van der Waals surface area contributed by atoms with Crippen molar-refractivity contribution in [3.05, 3.63) is 5.69 Å². The van der Waals surface area contributed by atoms with Gasteiger partial charge in [0.25, 0.3) is 0 Å². The molecule has 1 heterocycles. The van der Waals surface area contributed by atoms with E-state index in [4.69, 9.17) is 5.73 Å². The van der Waals surface area contributed by atoms with E-state index in [2.05, 4.69) is 5.10 Å². The van der Waals surface area contributed by atoms with Gasteiger partial charge in [0.2, 0.25) is 10.0 Å². The quantitative estimate of drug-likeness (QED) is 0.846. The predicted molar refractivity (Wildman–Crippen MR) is 67.1 cm³/mol. The maximum atomic E-state index is 12.4. The Bertz CT molecular complexity index is 493. The molecule has 0 aromatic carbocycles. The highest BCUT2D eigenvalue weighted by molar-refractivity contribution is 7.89. The van der Waals surface area contributed by atoms with Crippen LogP contribution in [0.1, 0.15) is 26.0 Å². The molecule has 1 aromatic heterocycles. The van der Waals surface area contributed by atoms with Gasteiger partial charge in [0.05, 0.1) is 5.69 Å². The van der Waals surface area contributed by atoms with Crippen LogP contribution in [0, 0.1) is 6.92 Å². The fourth-order valence-electron chi connectivity index (χ4n) is 1.76. The summed E-state index contributed by atoms with van der Waals surface area (Å²) < 4.78 is 27.7. The Hall–Kier alpha value is -1.08. The molecule has 17 heavy (non-hydrogen) atoms. The summed E-state index contributed by atoms with van der Waals surface area (Å²) in [6.07, 6.45) is 0.770. The first kappa shape index (κ1) is 14.0. The van der Waals surface area contributed by atoms with Crippen LogP contribution in [0.15, 0.2) is 4.90 Å². The molecule has 2 N–H and O–H groups in total. The van der Waals surface area contributed by atoms with E-state index in [1.807, 2.05) is 13.8 Å². The van der Waals surface area contributed by atoms with Crippen molar-refractivity contribution in [1.82, 2.24) is 14.1 Å². The Kier molecular flexibility index (Phi) is 4.16. The molecule has 0 fully saturated rings. The molecule has 7 heteroatoms. The average molecular weight is 260 g/mol. The average Bonchev–Trinajstić information content (AvgIpc) is 2.49. The molecule has 0 aliphatic carbocycles. The van der Waals surface area contributed by atoms with Crippen molar-refractivity contribution >= 4 is 15.8 Å². The lowest BCUT2D eigenvalue weighted by Gasteiger charge is -2.19. The van der Waals surface area contributed by atoms with Gasteiger partial charge in [-0.1, -0.05) is 13.8 Å². The SMILES string of the molecule is CCCN(CC)S(=O)(=O)c1c(N)nn(C)c1C. The number of nitrogens with zero attached hydrogens (tertiary/aromatic N) is 3. The highest BCUT2D eigenvalue weighted by Gasteiger charge is 2.29. The minimum atomic E-state index is -3.53. The second-order valence-electron chi connectivity index (χ2n) is 3.92. The molecule has 0 aliphatic heterocycles. The fourth-order valence-corrected chi connectivity index (χ4v) is 3.59. The van der Waals surface area contributed by atoms with Crippen molar-refractivity contribution in [2.24, 2.45) is 7.05 Å². The second kappa shape index (κ2) is 5.05. The van der Waals surface area contributed by atoms with Gasteiger partial charge in [-0.15, -0.1) is 0 Å². The molecule has 0 unspecified atom stereocenters. The number of hydrogen-bond acceptors (Lipinski definition) is 4. The Morgan fingerprint density at radius 2 is 2.00 bits per heavy atom. The van der Waals surface area contributed by atoms with Gasteiger partial charge < -0.3 is 5.73 Å². The molecule has 0 amide bonds. The lowest BCUT2D eigenvalue weighted by Crippen LogP contribution is -2.32. The summed E-state index contributed by atoms with van der Waals surface area (Å²) in [6.45, 7) is 6.39. The summed E-state index contributed by atoms with van der Waals surface area (Å²) in [5.74, 6) is 0.0690. The molecule has 0 aliphatic rings. The summed E-state index contributed by atoms with van der Waals surface area (Å²) in [5, 5.41) is 3.94. The molecular formula is C10H20N4O2S. The van der Waals surface area contributed by atoms with Crippen LogP contribution in [0.4, 0.5) is 5.82 Å². The molecule has 6 nitrogen and oxygen atoms in total. The van der Waals surface area contributed by atoms with E-state index in [0.29, 0.717) is 18.8 Å². The van der Waals surface area contributed by atoms with Gasteiger partial charge in [-0.2, -0.15) is 9.40 Å². The molecule has 0 saturated carbocycles. The third-order valence-corrected chi connectivity index (χ3v) is 4.87. The zero-order chi connectivity index (χ0) is 13.2. The van der Waals surface area contributed by atoms with Crippen molar-refractivity contribution in [3.8, 4) is 0 Å². The molecule has 1 aromatic rings. The van der Waals surface area contributed by atoms with Gasteiger partial charge in [0.1, 0.15) is 4.90 Å². The van der Waals surface area contributed by atoms with E-state index >= 15 is 0 Å². The number of nitrogens with two attached hydrogens (primary N) is 1. The third-order valence-electron chi connectivity index (χ3n) is 2.73. The second-order valence-corrected chi connectivity index (χ2v) is 5.79. The molecule has 0 spiro atoms. The lowest BCUT2D eigenvalue weighted by molar-refractivity contribution is 0.427. The maximum absolute atomic E-state index is 12.4. The Morgan fingerprint density at radius 3 is 2.35 bits per heavy atom. The highest BCUT2D eigenvalue weighted by Crippen LogP contribution is 2.24. The first-order valence-corrected chi connectivity index (χ1v) is 7.09. The van der Waals surface area contributed by atoms with Crippen molar-refractivity contribution in [2.45, 2.75) is 32.1 Å². The number of aryl methyl sites for hydroxylation is 1. The first-order chi connectivity index (χ1) is 7.86. The van der Waals surface area contributed by atoms with Crippen LogP contribution in [0.5, 0.6) is 0 Å². The smallest absolute Gasteiger partial charge is 0.248 e. The molecule has 0 bridgehead atoms. The van der Waals surface area contributed by atoms with Crippen molar-refractivity contribution in [3.63, 3.8) is 0 Å². The number of sulfonamides is 1. The Balaban J connectivity index is 3.30. The van der Waals surface area contributed by atoms with Crippen LogP contribution in [0.3, 0.4) is 0 Å². The van der Waals surface area contributed by atoms with Crippen LogP contribution < -0.4 is 5.73 Å². The van der Waals surface area contributed by atoms with E-state index < -0.39 is 10.0 Å². The Labute approximate surface area is 102 Å². The first-order valence-electron chi connectivity index (χ1n) is 5.65. The van der Waals surface area contributed by atoms with Crippen LogP contribution in [0.25, 0.3) is 0 Å². The van der Waals surface area contributed by atoms with Gasteiger partial charge in [0, 0.05) is 20.1 Å². The largest absolute Gasteiger partial charge is 0.381 e. The fraction of sp³-hybridized carbons (Fsp3) is 0.700. The van der Waals surface area contributed by atoms with Crippen LogP contribution >= 0.6 is 0 Å². The zero-order valence-corrected chi connectivity index (χ0v) is 11.6. The van der Waals surface area contributed by atoms with Crippen molar-refractivity contribution in [1.29, 1.82) is 0 Å². The summed E-state index contributed by atoms with van der Waals surface area (Å²) >= 11 is 0. The number of nitrogen functional groups attached to an aromatic ring is 1. The van der Waals surface area contributed by atoms with Crippen LogP contribution in [-0.2, 0) is 17.1 Å². The van der Waals surface area contributed by atoms with E-state index in [9.17, 15) is 8.42 Å². The van der Waals surface area contributed by atoms with Gasteiger partial charge in [-0.3, -0.25) is 4.68 Å². The summed E-state index contributed by atoms with van der Waals surface area (Å²) in [6, 6.07) is 0. The van der Waals surface area contributed by atoms with Gasteiger partial charge in [0.15, 0.2) is 5.82 Å². The molecule has 98 valence electrons. The van der Waals surface area contributed by atoms with E-state index in [1.165, 1.54) is 8.99 Å². The number of anilines is 1. The minimum absolute atomic E-state index is 0.0690. The van der Waals surface area contributed by atoms with E-state index in [1.54, 1.807) is 14.0 Å². The predicted octanol–water partition coefficient (Wildman–Crippen LogP) is 0.731. The highest BCUT2D eigenvalue weighted by atomic mass is 32.2. The number of aromatic nitrogens is 2. The van der Waals surface area contributed by atoms with Crippen molar-refractivity contribution in [2.75, 3.05) is 18.8 Å². The topological polar surface area (TPSA) is 81.2 Å². The van der Waals surface area contributed by atoms with E-state index in [0.717, 1.165) is 6.42 Å². The summed E-state index contributed by atoms with van der Waals surface area (Å²) in [4.78, 5) is 0.135. The van der Waals surface area contributed by atoms with Gasteiger partial charge in [-0.05, 0) is 13.3 Å². The molecule has 1 rings (SSSR count). The Morgan fingerprint density at radius 1 is 1.41 bits per heavy atom. The zero-order valence-electron chi connectivity index (χ0n) is 10.8. The van der Waals surface area contributed by atoms with E-state index in [-0.39, 0.29) is 10.7 Å². The molecular weight excluding hydrogens is 240 g/mol. The number of hydrogen-bond donors (Lipinski definition) is 1. The number of rotatable bonds is 5. The molecule has 0 radical (unpaired) electrons. The summed E-state index contributed by atoms with van der Waals surface area (Å²) in [5.41, 5.74) is 6.25. The van der Waals surface area contributed by atoms with Crippen molar-refractivity contribution < 1.29 is 8.42 Å². The summed E-state index contributed by atoms with van der Waals surface area (Å²) in [7, 11) is -1.85. The van der Waals surface area contributed by atoms with Crippen LogP contribution in [0.2, 0.25) is 0 Å². The monoisotopic (exact) mass is 260 g/mol. The normalized spacial score (nSPS) is 12.3. The van der Waals surface area contributed by atoms with Gasteiger partial charge in [-0.25, -0.2) is 8.42 Å². The molecule has 0 atom stereocenters. The standard InChI is InChI=1S/C10H20N4O2S/c1-5-7-14(6-2)17(15,16)9-8(3)13(4)12-10(9)11/h5-7H2,1-4H3,(H2,11,12). The minimum Gasteiger partial charge on any atom is -0.381 e. The third kappa shape index (κ3) is 2.44. The lowest BCUT2D eigenvalue weighted by atomic mass is 10.5. The molecule has 0 saturated heterocycles. The van der Waals surface area contributed by atoms with Gasteiger partial charge >= 0.3 is 0 Å².